The summed E-state index contributed by atoms with van der Waals surface area (Å²) in [6.45, 7) is 3.90. The maximum Gasteiger partial charge on any atom is 0.253 e. The molecule has 2 aromatic carbocycles. The van der Waals surface area contributed by atoms with Crippen LogP contribution in [-0.2, 0) is 16.6 Å². The van der Waals surface area contributed by atoms with Crippen LogP contribution in [0.3, 0.4) is 0 Å². The summed E-state index contributed by atoms with van der Waals surface area (Å²) in [4.78, 5) is 14.3. The van der Waals surface area contributed by atoms with Crippen LogP contribution in [0.15, 0.2) is 51.8 Å². The Labute approximate surface area is 174 Å². The van der Waals surface area contributed by atoms with Crippen LogP contribution in [-0.4, -0.2) is 38.9 Å². The highest BCUT2D eigenvalue weighted by Crippen LogP contribution is 2.27. The van der Waals surface area contributed by atoms with Gasteiger partial charge in [0, 0.05) is 29.7 Å². The number of amides is 1. The topological polar surface area (TPSA) is 75.7 Å². The Balaban J connectivity index is 1.69. The first-order valence-electron chi connectivity index (χ1n) is 9.21. The summed E-state index contributed by atoms with van der Waals surface area (Å²) >= 11 is 3.30. The predicted molar refractivity (Wildman–Crippen MR) is 111 cm³/mol. The van der Waals surface area contributed by atoms with Gasteiger partial charge in [-0.1, -0.05) is 28.1 Å². The van der Waals surface area contributed by atoms with Gasteiger partial charge < -0.3 is 9.64 Å². The average Bonchev–Trinajstić information content (AvgIpc) is 3.22. The van der Waals surface area contributed by atoms with Gasteiger partial charge in [0.1, 0.15) is 10.6 Å². The summed E-state index contributed by atoms with van der Waals surface area (Å²) in [7, 11) is -3.75. The first-order chi connectivity index (χ1) is 13.4. The van der Waals surface area contributed by atoms with Crippen LogP contribution in [0.25, 0.3) is 0 Å². The van der Waals surface area contributed by atoms with Gasteiger partial charge in [0.25, 0.3) is 5.91 Å². The van der Waals surface area contributed by atoms with Gasteiger partial charge in [-0.05, 0) is 55.7 Å². The van der Waals surface area contributed by atoms with E-state index in [9.17, 15) is 13.2 Å². The number of carbonyl (C=O) groups excluding carboxylic acids is 1. The third kappa shape index (κ3) is 4.92. The van der Waals surface area contributed by atoms with Gasteiger partial charge in [-0.25, -0.2) is 13.1 Å². The highest BCUT2D eigenvalue weighted by molar-refractivity contribution is 9.10. The molecule has 0 radical (unpaired) electrons. The van der Waals surface area contributed by atoms with Gasteiger partial charge >= 0.3 is 0 Å². The molecule has 0 saturated carbocycles. The van der Waals surface area contributed by atoms with Crippen LogP contribution < -0.4 is 9.46 Å². The van der Waals surface area contributed by atoms with E-state index in [1.807, 2.05) is 4.90 Å². The lowest BCUT2D eigenvalue weighted by atomic mass is 10.1. The van der Waals surface area contributed by atoms with Crippen molar-refractivity contribution < 1.29 is 17.9 Å². The monoisotopic (exact) mass is 466 g/mol. The maximum atomic E-state index is 12.7. The molecule has 0 atom stereocenters. The maximum absolute atomic E-state index is 12.7. The van der Waals surface area contributed by atoms with Gasteiger partial charge in [0.15, 0.2) is 0 Å². The normalized spacial score (nSPS) is 14.3. The Morgan fingerprint density at radius 3 is 2.46 bits per heavy atom. The molecule has 8 heteroatoms. The lowest BCUT2D eigenvalue weighted by Gasteiger charge is -2.15. The quantitative estimate of drug-likeness (QED) is 0.676. The van der Waals surface area contributed by atoms with E-state index >= 15 is 0 Å². The van der Waals surface area contributed by atoms with E-state index in [1.54, 1.807) is 43.3 Å². The summed E-state index contributed by atoms with van der Waals surface area (Å²) < 4.78 is 34.1. The summed E-state index contributed by atoms with van der Waals surface area (Å²) in [5, 5.41) is 0. The third-order valence-electron chi connectivity index (χ3n) is 4.56. The van der Waals surface area contributed by atoms with Gasteiger partial charge in [-0.15, -0.1) is 0 Å². The molecule has 3 rings (SSSR count). The highest BCUT2D eigenvalue weighted by atomic mass is 79.9. The van der Waals surface area contributed by atoms with Crippen LogP contribution in [0.1, 0.15) is 35.7 Å². The molecule has 0 aliphatic carbocycles. The largest absolute Gasteiger partial charge is 0.492 e. The molecule has 1 N–H and O–H groups in total. The Bertz CT molecular complexity index is 939. The van der Waals surface area contributed by atoms with Crippen LogP contribution in [0.5, 0.6) is 5.75 Å². The average molecular weight is 467 g/mol. The predicted octanol–water partition coefficient (Wildman–Crippen LogP) is 3.56. The summed E-state index contributed by atoms with van der Waals surface area (Å²) in [5.74, 6) is 0.338. The molecule has 0 aromatic heterocycles. The minimum Gasteiger partial charge on any atom is -0.492 e. The van der Waals surface area contributed by atoms with Crippen molar-refractivity contribution in [1.29, 1.82) is 0 Å². The van der Waals surface area contributed by atoms with Crippen molar-refractivity contribution in [3.8, 4) is 5.75 Å². The van der Waals surface area contributed by atoms with Crippen molar-refractivity contribution >= 4 is 31.9 Å². The minimum absolute atomic E-state index is 0.0279. The van der Waals surface area contributed by atoms with Crippen molar-refractivity contribution in [3.63, 3.8) is 0 Å². The first kappa shape index (κ1) is 20.8. The molecule has 0 bridgehead atoms. The van der Waals surface area contributed by atoms with Crippen LogP contribution >= 0.6 is 15.9 Å². The molecule has 1 aliphatic rings. The number of hydrogen-bond donors (Lipinski definition) is 1. The fourth-order valence-electron chi connectivity index (χ4n) is 3.09. The molecule has 0 spiro atoms. The van der Waals surface area contributed by atoms with E-state index < -0.39 is 10.0 Å². The number of likely N-dealkylation sites (tertiary alicyclic amines) is 1. The van der Waals surface area contributed by atoms with E-state index in [0.29, 0.717) is 22.4 Å². The number of ether oxygens (including phenoxy) is 1. The Kier molecular flexibility index (Phi) is 6.74. The summed E-state index contributed by atoms with van der Waals surface area (Å²) in [5.41, 5.74) is 1.40. The highest BCUT2D eigenvalue weighted by Gasteiger charge is 2.21. The number of rotatable bonds is 7. The second kappa shape index (κ2) is 9.07. The van der Waals surface area contributed by atoms with E-state index in [0.717, 1.165) is 31.5 Å². The van der Waals surface area contributed by atoms with Crippen LogP contribution in [0.2, 0.25) is 0 Å². The molecule has 6 nitrogen and oxygen atoms in total. The van der Waals surface area contributed by atoms with Crippen LogP contribution in [0, 0.1) is 0 Å². The van der Waals surface area contributed by atoms with Crippen molar-refractivity contribution in [3.05, 3.63) is 58.1 Å². The molecule has 0 unspecified atom stereocenters. The van der Waals surface area contributed by atoms with E-state index in [-0.39, 0.29) is 17.3 Å². The molecule has 1 heterocycles. The van der Waals surface area contributed by atoms with Crippen molar-refractivity contribution in [1.82, 2.24) is 9.62 Å². The molecule has 1 aliphatic heterocycles. The first-order valence-corrected chi connectivity index (χ1v) is 11.5. The zero-order valence-corrected chi connectivity index (χ0v) is 18.1. The molecule has 1 amide bonds. The fraction of sp³-hybridized carbons (Fsp3) is 0.350. The summed E-state index contributed by atoms with van der Waals surface area (Å²) in [6, 6.07) is 11.9. The smallest absolute Gasteiger partial charge is 0.253 e. The minimum atomic E-state index is -3.75. The Morgan fingerprint density at radius 1 is 1.14 bits per heavy atom. The van der Waals surface area contributed by atoms with Crippen molar-refractivity contribution in [2.45, 2.75) is 31.2 Å². The third-order valence-corrected chi connectivity index (χ3v) is 6.47. The molecule has 2 aromatic rings. The van der Waals surface area contributed by atoms with Crippen LogP contribution in [0.4, 0.5) is 0 Å². The van der Waals surface area contributed by atoms with Crippen molar-refractivity contribution in [2.75, 3.05) is 19.7 Å². The fourth-order valence-corrected chi connectivity index (χ4v) is 4.79. The van der Waals surface area contributed by atoms with Crippen molar-refractivity contribution in [2.24, 2.45) is 0 Å². The zero-order valence-electron chi connectivity index (χ0n) is 15.7. The number of carbonyl (C=O) groups is 1. The van der Waals surface area contributed by atoms with E-state index in [4.69, 9.17) is 4.74 Å². The van der Waals surface area contributed by atoms with E-state index in [1.165, 1.54) is 6.07 Å². The second-order valence-corrected chi connectivity index (χ2v) is 9.20. The number of sulfonamides is 1. The van der Waals surface area contributed by atoms with E-state index in [2.05, 4.69) is 20.7 Å². The summed E-state index contributed by atoms with van der Waals surface area (Å²) in [6.07, 6.45) is 2.09. The number of benzene rings is 2. The molecular weight excluding hydrogens is 444 g/mol. The molecular formula is C20H23BrN2O4S. The SMILES string of the molecule is CCOc1ccc(Br)cc1S(=O)(=O)NCc1ccc(C(=O)N2CCCC2)cc1. The van der Waals surface area contributed by atoms with Gasteiger partial charge in [-0.3, -0.25) is 4.79 Å². The standard InChI is InChI=1S/C20H23BrN2O4S/c1-2-27-18-10-9-17(21)13-19(18)28(25,26)22-14-15-5-7-16(8-6-15)20(24)23-11-3-4-12-23/h5-10,13,22H,2-4,11-12,14H2,1H3. The van der Waals surface area contributed by atoms with Gasteiger partial charge in [-0.2, -0.15) is 0 Å². The van der Waals surface area contributed by atoms with Gasteiger partial charge in [0.05, 0.1) is 6.61 Å². The Morgan fingerprint density at radius 2 is 1.82 bits per heavy atom. The number of nitrogens with zero attached hydrogens (tertiary/aromatic N) is 1. The second-order valence-electron chi connectivity index (χ2n) is 6.54. The molecule has 150 valence electrons. The lowest BCUT2D eigenvalue weighted by Crippen LogP contribution is -2.27. The molecule has 28 heavy (non-hydrogen) atoms. The Hall–Kier alpha value is -1.90. The zero-order chi connectivity index (χ0) is 20.1. The number of halogens is 1. The lowest BCUT2D eigenvalue weighted by molar-refractivity contribution is 0.0793. The molecule has 1 saturated heterocycles. The molecule has 1 fully saturated rings. The number of hydrogen-bond acceptors (Lipinski definition) is 4. The van der Waals surface area contributed by atoms with Gasteiger partial charge in [0.2, 0.25) is 10.0 Å². The number of nitrogens with one attached hydrogen (secondary N) is 1.